The molecule has 90 valence electrons. The van der Waals surface area contributed by atoms with Crippen LogP contribution in [0.4, 0.5) is 0 Å². The summed E-state index contributed by atoms with van der Waals surface area (Å²) in [7, 11) is 0. The summed E-state index contributed by atoms with van der Waals surface area (Å²) in [5.41, 5.74) is 1.48. The molecule has 0 aliphatic heterocycles. The second kappa shape index (κ2) is 7.78. The van der Waals surface area contributed by atoms with E-state index < -0.39 is 0 Å². The van der Waals surface area contributed by atoms with Gasteiger partial charge in [-0.2, -0.15) is 0 Å². The molecule has 1 aromatic rings. The fraction of sp³-hybridized carbons (Fsp3) is 0.600. The first-order valence-corrected chi connectivity index (χ1v) is 7.46. The summed E-state index contributed by atoms with van der Waals surface area (Å²) in [5, 5.41) is 0. The molecule has 0 bridgehead atoms. The largest absolute Gasteiger partial charge is 0.126 e. The molecule has 0 spiro atoms. The Bertz CT molecular complexity index is 276. The summed E-state index contributed by atoms with van der Waals surface area (Å²) in [6.45, 7) is 6.83. The van der Waals surface area contributed by atoms with Crippen molar-refractivity contribution in [1.82, 2.24) is 0 Å². The minimum atomic E-state index is 0.824. The number of unbranched alkanes of at least 4 members (excludes halogenated alkanes) is 1. The van der Waals surface area contributed by atoms with E-state index in [9.17, 15) is 0 Å². The van der Waals surface area contributed by atoms with Gasteiger partial charge in [0.1, 0.15) is 0 Å². The Morgan fingerprint density at radius 2 is 1.81 bits per heavy atom. The SMILES string of the molecule is CCCCc1ccc(SCC(C)CC)cc1. The molecule has 0 amide bonds. The molecule has 0 aliphatic rings. The molecular weight excluding hydrogens is 212 g/mol. The molecule has 0 saturated carbocycles. The van der Waals surface area contributed by atoms with Crippen molar-refractivity contribution in [2.24, 2.45) is 5.92 Å². The van der Waals surface area contributed by atoms with Crippen molar-refractivity contribution in [3.8, 4) is 0 Å². The first-order valence-electron chi connectivity index (χ1n) is 6.48. The molecule has 0 aromatic heterocycles. The van der Waals surface area contributed by atoms with Gasteiger partial charge in [-0.3, -0.25) is 0 Å². The van der Waals surface area contributed by atoms with E-state index in [1.54, 1.807) is 0 Å². The van der Waals surface area contributed by atoms with Gasteiger partial charge in [0.05, 0.1) is 0 Å². The van der Waals surface area contributed by atoms with E-state index in [0.717, 1.165) is 5.92 Å². The van der Waals surface area contributed by atoms with Crippen LogP contribution < -0.4 is 0 Å². The maximum absolute atomic E-state index is 2.32. The molecule has 0 aliphatic carbocycles. The Morgan fingerprint density at radius 3 is 2.38 bits per heavy atom. The van der Waals surface area contributed by atoms with Gasteiger partial charge in [0.2, 0.25) is 0 Å². The lowest BCUT2D eigenvalue weighted by molar-refractivity contribution is 0.637. The second-order valence-electron chi connectivity index (χ2n) is 4.57. The van der Waals surface area contributed by atoms with Gasteiger partial charge >= 0.3 is 0 Å². The van der Waals surface area contributed by atoms with Crippen molar-refractivity contribution in [3.05, 3.63) is 29.8 Å². The smallest absolute Gasteiger partial charge is 0.00722 e. The zero-order valence-corrected chi connectivity index (χ0v) is 11.6. The van der Waals surface area contributed by atoms with Gasteiger partial charge in [-0.25, -0.2) is 0 Å². The predicted octanol–water partition coefficient (Wildman–Crippen LogP) is 5.17. The molecule has 0 saturated heterocycles. The van der Waals surface area contributed by atoms with Crippen molar-refractivity contribution >= 4 is 11.8 Å². The molecule has 0 nitrogen and oxygen atoms in total. The average molecular weight is 236 g/mol. The summed E-state index contributed by atoms with van der Waals surface area (Å²) in [6.07, 6.45) is 5.10. The van der Waals surface area contributed by atoms with E-state index in [1.165, 1.54) is 41.9 Å². The second-order valence-corrected chi connectivity index (χ2v) is 5.67. The van der Waals surface area contributed by atoms with Crippen molar-refractivity contribution in [2.75, 3.05) is 5.75 Å². The lowest BCUT2D eigenvalue weighted by atomic mass is 10.1. The predicted molar refractivity (Wildman–Crippen MR) is 75.2 cm³/mol. The van der Waals surface area contributed by atoms with Gasteiger partial charge < -0.3 is 0 Å². The summed E-state index contributed by atoms with van der Waals surface area (Å²) in [6, 6.07) is 9.12. The minimum absolute atomic E-state index is 0.824. The quantitative estimate of drug-likeness (QED) is 0.589. The zero-order valence-electron chi connectivity index (χ0n) is 10.8. The van der Waals surface area contributed by atoms with E-state index in [-0.39, 0.29) is 0 Å². The van der Waals surface area contributed by atoms with Gasteiger partial charge in [0, 0.05) is 10.6 Å². The maximum Gasteiger partial charge on any atom is 0.00722 e. The first kappa shape index (κ1) is 13.6. The van der Waals surface area contributed by atoms with Crippen LogP contribution in [0.15, 0.2) is 29.2 Å². The lowest BCUT2D eigenvalue weighted by Gasteiger charge is -2.08. The Kier molecular flexibility index (Phi) is 6.63. The average Bonchev–Trinajstić information content (AvgIpc) is 2.34. The number of hydrogen-bond acceptors (Lipinski definition) is 1. The molecule has 1 atom stereocenters. The lowest BCUT2D eigenvalue weighted by Crippen LogP contribution is -1.95. The Balaban J connectivity index is 2.38. The van der Waals surface area contributed by atoms with Crippen molar-refractivity contribution in [2.45, 2.75) is 51.3 Å². The maximum atomic E-state index is 2.32. The van der Waals surface area contributed by atoms with Crippen molar-refractivity contribution in [1.29, 1.82) is 0 Å². The number of rotatable bonds is 7. The number of benzene rings is 1. The van der Waals surface area contributed by atoms with E-state index in [4.69, 9.17) is 0 Å². The third kappa shape index (κ3) is 5.07. The Hall–Kier alpha value is -0.430. The van der Waals surface area contributed by atoms with Gasteiger partial charge in [-0.15, -0.1) is 11.8 Å². The normalized spacial score (nSPS) is 12.7. The first-order chi connectivity index (χ1) is 7.76. The van der Waals surface area contributed by atoms with Crippen LogP contribution in [0.25, 0.3) is 0 Å². The minimum Gasteiger partial charge on any atom is -0.126 e. The Morgan fingerprint density at radius 1 is 1.12 bits per heavy atom. The summed E-state index contributed by atoms with van der Waals surface area (Å²) >= 11 is 1.99. The highest BCUT2D eigenvalue weighted by molar-refractivity contribution is 7.99. The molecule has 0 radical (unpaired) electrons. The molecule has 0 heterocycles. The van der Waals surface area contributed by atoms with Crippen molar-refractivity contribution in [3.63, 3.8) is 0 Å². The van der Waals surface area contributed by atoms with Gasteiger partial charge in [-0.05, 0) is 36.5 Å². The fourth-order valence-corrected chi connectivity index (χ4v) is 2.53. The molecule has 0 fully saturated rings. The van der Waals surface area contributed by atoms with Crippen LogP contribution >= 0.6 is 11.8 Å². The number of thioether (sulfide) groups is 1. The van der Waals surface area contributed by atoms with Crippen LogP contribution in [0.3, 0.4) is 0 Å². The highest BCUT2D eigenvalue weighted by atomic mass is 32.2. The molecule has 0 N–H and O–H groups in total. The molecule has 1 heteroatoms. The van der Waals surface area contributed by atoms with Crippen LogP contribution in [0, 0.1) is 5.92 Å². The molecule has 16 heavy (non-hydrogen) atoms. The standard InChI is InChI=1S/C15H24S/c1-4-6-7-14-8-10-15(11-9-14)16-12-13(3)5-2/h8-11,13H,4-7,12H2,1-3H3. The van der Waals surface area contributed by atoms with E-state index in [1.807, 2.05) is 11.8 Å². The van der Waals surface area contributed by atoms with Crippen LogP contribution in [0.1, 0.15) is 45.6 Å². The Labute approximate surface area is 105 Å². The number of hydrogen-bond donors (Lipinski definition) is 0. The third-order valence-corrected chi connectivity index (χ3v) is 4.31. The van der Waals surface area contributed by atoms with Crippen molar-refractivity contribution < 1.29 is 0 Å². The fourth-order valence-electron chi connectivity index (χ4n) is 1.49. The monoisotopic (exact) mass is 236 g/mol. The summed E-state index contributed by atoms with van der Waals surface area (Å²) < 4.78 is 0. The van der Waals surface area contributed by atoms with E-state index in [0.29, 0.717) is 0 Å². The van der Waals surface area contributed by atoms with Gasteiger partial charge in [-0.1, -0.05) is 45.7 Å². The molecule has 1 rings (SSSR count). The van der Waals surface area contributed by atoms with E-state index >= 15 is 0 Å². The molecule has 1 unspecified atom stereocenters. The third-order valence-electron chi connectivity index (χ3n) is 2.97. The van der Waals surface area contributed by atoms with E-state index in [2.05, 4.69) is 45.0 Å². The molecule has 1 aromatic carbocycles. The number of aryl methyl sites for hydroxylation is 1. The zero-order chi connectivity index (χ0) is 11.8. The van der Waals surface area contributed by atoms with Crippen LogP contribution in [-0.2, 0) is 6.42 Å². The van der Waals surface area contributed by atoms with Gasteiger partial charge in [0.15, 0.2) is 0 Å². The highest BCUT2D eigenvalue weighted by Crippen LogP contribution is 2.22. The highest BCUT2D eigenvalue weighted by Gasteiger charge is 2.00. The molecular formula is C15H24S. The topological polar surface area (TPSA) is 0 Å². The van der Waals surface area contributed by atoms with Crippen LogP contribution in [0.5, 0.6) is 0 Å². The summed E-state index contributed by atoms with van der Waals surface area (Å²) in [4.78, 5) is 1.42. The summed E-state index contributed by atoms with van der Waals surface area (Å²) in [5.74, 6) is 2.06. The van der Waals surface area contributed by atoms with Crippen LogP contribution in [0.2, 0.25) is 0 Å². The van der Waals surface area contributed by atoms with Crippen LogP contribution in [-0.4, -0.2) is 5.75 Å². The van der Waals surface area contributed by atoms with Gasteiger partial charge in [0.25, 0.3) is 0 Å².